The Bertz CT molecular complexity index is 338. The third-order valence-corrected chi connectivity index (χ3v) is 2.75. The minimum atomic E-state index is -0.486. The molecular weight excluding hydrogens is 195 g/mol. The zero-order valence-corrected chi connectivity index (χ0v) is 8.58. The van der Waals surface area contributed by atoms with Crippen LogP contribution in [0.2, 0.25) is 0 Å². The van der Waals surface area contributed by atoms with E-state index < -0.39 is 6.67 Å². The van der Waals surface area contributed by atoms with Crippen molar-refractivity contribution in [1.82, 2.24) is 0 Å². The van der Waals surface area contributed by atoms with Gasteiger partial charge in [0.25, 0.3) is 0 Å². The summed E-state index contributed by atoms with van der Waals surface area (Å²) >= 11 is 0. The molecule has 0 fully saturated rings. The van der Waals surface area contributed by atoms with E-state index in [-0.39, 0.29) is 12.7 Å². The summed E-state index contributed by atoms with van der Waals surface area (Å²) in [6.07, 6.45) is 2.46. The summed E-state index contributed by atoms with van der Waals surface area (Å²) in [4.78, 5) is 0. The van der Waals surface area contributed by atoms with Crippen LogP contribution in [0, 0.1) is 0 Å². The van der Waals surface area contributed by atoms with Crippen LogP contribution in [0.1, 0.15) is 30.1 Å². The number of fused-ring (bicyclic) bond motifs is 1. The van der Waals surface area contributed by atoms with Crippen molar-refractivity contribution in [3.05, 3.63) is 29.3 Å². The number of rotatable bonds is 3. The van der Waals surface area contributed by atoms with E-state index in [4.69, 9.17) is 4.74 Å². The van der Waals surface area contributed by atoms with Gasteiger partial charge in [-0.05, 0) is 42.5 Å². The van der Waals surface area contributed by atoms with Gasteiger partial charge in [0, 0.05) is 0 Å². The third-order valence-electron chi connectivity index (χ3n) is 2.75. The largest absolute Gasteiger partial charge is 0.491 e. The molecule has 0 aliphatic heterocycles. The second-order valence-electron chi connectivity index (χ2n) is 3.81. The highest BCUT2D eigenvalue weighted by Crippen LogP contribution is 2.32. The molecule has 0 spiro atoms. The maximum absolute atomic E-state index is 11.9. The molecule has 2 nitrogen and oxygen atoms in total. The van der Waals surface area contributed by atoms with Gasteiger partial charge in [-0.3, -0.25) is 0 Å². The summed E-state index contributed by atoms with van der Waals surface area (Å²) in [7, 11) is 0. The first-order chi connectivity index (χ1) is 7.31. The maximum Gasteiger partial charge on any atom is 0.123 e. The van der Waals surface area contributed by atoms with Crippen LogP contribution in [-0.2, 0) is 6.42 Å². The maximum atomic E-state index is 11.9. The lowest BCUT2D eigenvalue weighted by molar-refractivity contribution is 0.156. The van der Waals surface area contributed by atoms with Crippen molar-refractivity contribution in [2.24, 2.45) is 0 Å². The van der Waals surface area contributed by atoms with E-state index in [1.165, 1.54) is 5.56 Å². The Balaban J connectivity index is 2.19. The fourth-order valence-electron chi connectivity index (χ4n) is 2.00. The molecule has 1 N–H and O–H groups in total. The van der Waals surface area contributed by atoms with Gasteiger partial charge in [-0.15, -0.1) is 0 Å². The van der Waals surface area contributed by atoms with Crippen LogP contribution in [0.25, 0.3) is 0 Å². The highest BCUT2D eigenvalue weighted by atomic mass is 19.1. The van der Waals surface area contributed by atoms with Crippen LogP contribution in [0.5, 0.6) is 5.75 Å². The van der Waals surface area contributed by atoms with Crippen molar-refractivity contribution in [2.45, 2.75) is 25.4 Å². The summed E-state index contributed by atoms with van der Waals surface area (Å²) in [5.41, 5.74) is 2.12. The molecule has 0 heterocycles. The summed E-state index contributed by atoms with van der Waals surface area (Å²) in [6.45, 7) is -0.408. The second-order valence-corrected chi connectivity index (χ2v) is 3.81. The summed E-state index contributed by atoms with van der Waals surface area (Å²) in [6, 6.07) is 5.63. The van der Waals surface area contributed by atoms with Crippen molar-refractivity contribution < 1.29 is 14.2 Å². The molecule has 82 valence electrons. The van der Waals surface area contributed by atoms with E-state index in [2.05, 4.69) is 0 Å². The molecular formula is C12H15FO2. The van der Waals surface area contributed by atoms with Gasteiger partial charge in [-0.2, -0.15) is 0 Å². The molecule has 0 radical (unpaired) electrons. The number of alkyl halides is 1. The molecule has 1 aromatic rings. The lowest BCUT2D eigenvalue weighted by Crippen LogP contribution is -2.09. The van der Waals surface area contributed by atoms with Gasteiger partial charge in [0.05, 0.1) is 6.10 Å². The molecule has 0 bridgehead atoms. The first-order valence-electron chi connectivity index (χ1n) is 5.31. The predicted octanol–water partition coefficient (Wildman–Crippen LogP) is 2.40. The van der Waals surface area contributed by atoms with Crippen molar-refractivity contribution >= 4 is 0 Å². The molecule has 0 unspecified atom stereocenters. The number of hydrogen-bond donors (Lipinski definition) is 1. The zero-order valence-electron chi connectivity index (χ0n) is 8.58. The van der Waals surface area contributed by atoms with Crippen LogP contribution in [-0.4, -0.2) is 18.4 Å². The number of aliphatic hydroxyl groups is 1. The van der Waals surface area contributed by atoms with E-state index in [0.717, 1.165) is 24.8 Å². The Morgan fingerprint density at radius 1 is 1.47 bits per heavy atom. The minimum Gasteiger partial charge on any atom is -0.491 e. The molecule has 15 heavy (non-hydrogen) atoms. The number of aliphatic hydroxyl groups excluding tert-OH is 1. The number of benzene rings is 1. The Labute approximate surface area is 88.7 Å². The van der Waals surface area contributed by atoms with E-state index >= 15 is 0 Å². The number of hydrogen-bond acceptors (Lipinski definition) is 2. The highest BCUT2D eigenvalue weighted by molar-refractivity contribution is 5.38. The van der Waals surface area contributed by atoms with Crippen molar-refractivity contribution in [3.8, 4) is 5.75 Å². The molecule has 0 saturated heterocycles. The van der Waals surface area contributed by atoms with Gasteiger partial charge in [0.2, 0.25) is 0 Å². The van der Waals surface area contributed by atoms with Crippen LogP contribution in [0.4, 0.5) is 4.39 Å². The Morgan fingerprint density at radius 3 is 3.13 bits per heavy atom. The van der Waals surface area contributed by atoms with E-state index in [1.807, 2.05) is 18.2 Å². The average molecular weight is 210 g/mol. The first kappa shape index (κ1) is 10.4. The first-order valence-corrected chi connectivity index (χ1v) is 5.31. The van der Waals surface area contributed by atoms with Crippen LogP contribution < -0.4 is 4.74 Å². The monoisotopic (exact) mass is 210 g/mol. The standard InChI is InChI=1S/C12H15FO2/c13-6-7-15-10-5-4-9-2-1-3-12(14)11(9)8-10/h4-5,8,12,14H,1-3,6-7H2/t12-/m1/s1. The van der Waals surface area contributed by atoms with Crippen molar-refractivity contribution in [1.29, 1.82) is 0 Å². The SMILES string of the molecule is O[C@@H]1CCCc2ccc(OCCF)cc21. The predicted molar refractivity (Wildman–Crippen MR) is 55.8 cm³/mol. The molecule has 1 aliphatic carbocycles. The lowest BCUT2D eigenvalue weighted by Gasteiger charge is -2.21. The summed E-state index contributed by atoms with van der Waals surface area (Å²) in [5.74, 6) is 0.646. The second kappa shape index (κ2) is 4.62. The molecule has 1 atom stereocenters. The van der Waals surface area contributed by atoms with Gasteiger partial charge < -0.3 is 9.84 Å². The third kappa shape index (κ3) is 2.29. The Hall–Kier alpha value is -1.09. The number of halogens is 1. The Kier molecular flexibility index (Phi) is 3.21. The van der Waals surface area contributed by atoms with Gasteiger partial charge in [-0.25, -0.2) is 4.39 Å². The minimum absolute atomic E-state index is 0.0783. The molecule has 1 aromatic carbocycles. The van der Waals surface area contributed by atoms with Gasteiger partial charge in [-0.1, -0.05) is 6.07 Å². The van der Waals surface area contributed by atoms with E-state index in [1.54, 1.807) is 0 Å². The normalized spacial score (nSPS) is 19.7. The molecule has 0 aromatic heterocycles. The van der Waals surface area contributed by atoms with Gasteiger partial charge in [0.1, 0.15) is 19.0 Å². The average Bonchev–Trinajstić information content (AvgIpc) is 2.27. The van der Waals surface area contributed by atoms with Crippen molar-refractivity contribution in [3.63, 3.8) is 0 Å². The van der Waals surface area contributed by atoms with Gasteiger partial charge in [0.15, 0.2) is 0 Å². The number of aryl methyl sites for hydroxylation is 1. The molecule has 1 aliphatic rings. The summed E-state index contributed by atoms with van der Waals surface area (Å²) in [5, 5.41) is 9.78. The highest BCUT2D eigenvalue weighted by Gasteiger charge is 2.18. The molecule has 0 amide bonds. The van der Waals surface area contributed by atoms with Crippen LogP contribution in [0.3, 0.4) is 0 Å². The summed E-state index contributed by atoms with van der Waals surface area (Å²) < 4.78 is 17.1. The smallest absolute Gasteiger partial charge is 0.123 e. The quantitative estimate of drug-likeness (QED) is 0.830. The fourth-order valence-corrected chi connectivity index (χ4v) is 2.00. The lowest BCUT2D eigenvalue weighted by atomic mass is 9.89. The number of ether oxygens (including phenoxy) is 1. The molecule has 3 heteroatoms. The van der Waals surface area contributed by atoms with Crippen LogP contribution in [0.15, 0.2) is 18.2 Å². The van der Waals surface area contributed by atoms with Crippen molar-refractivity contribution in [2.75, 3.05) is 13.3 Å². The zero-order chi connectivity index (χ0) is 10.7. The Morgan fingerprint density at radius 2 is 2.33 bits per heavy atom. The molecule has 2 rings (SSSR count). The van der Waals surface area contributed by atoms with Gasteiger partial charge >= 0.3 is 0 Å². The van der Waals surface area contributed by atoms with E-state index in [0.29, 0.717) is 5.75 Å². The van der Waals surface area contributed by atoms with E-state index in [9.17, 15) is 9.50 Å². The fraction of sp³-hybridized carbons (Fsp3) is 0.500. The van der Waals surface area contributed by atoms with Crippen LogP contribution >= 0.6 is 0 Å². The molecule has 0 saturated carbocycles. The topological polar surface area (TPSA) is 29.5 Å².